The molecule has 3 aliphatic heterocycles. The summed E-state index contributed by atoms with van der Waals surface area (Å²) in [5, 5.41) is 23.1. The minimum Gasteiger partial charge on any atom is -0.507 e. The van der Waals surface area contributed by atoms with Crippen LogP contribution in [-0.2, 0) is 0 Å². The number of aromatic hydroxyl groups is 1. The van der Waals surface area contributed by atoms with E-state index in [2.05, 4.69) is 30.4 Å². The Labute approximate surface area is 214 Å². The number of anilines is 1. The number of phenols is 1. The van der Waals surface area contributed by atoms with Gasteiger partial charge in [-0.15, -0.1) is 10.2 Å². The first-order valence-corrected chi connectivity index (χ1v) is 13.1. The second kappa shape index (κ2) is 9.09. The molecule has 4 atom stereocenters. The van der Waals surface area contributed by atoms with Gasteiger partial charge in [0.05, 0.1) is 17.8 Å². The first-order chi connectivity index (χ1) is 18.1. The highest BCUT2D eigenvalue weighted by molar-refractivity contribution is 5.73. The minimum absolute atomic E-state index is 0.0380. The molecule has 2 bridgehead atoms. The largest absolute Gasteiger partial charge is 0.507 e. The highest BCUT2D eigenvalue weighted by atomic mass is 19.1. The summed E-state index contributed by atoms with van der Waals surface area (Å²) in [6.07, 6.45) is 8.32. The van der Waals surface area contributed by atoms with Crippen LogP contribution in [0.15, 0.2) is 36.7 Å². The Hall–Kier alpha value is -3.53. The normalized spacial score (nSPS) is 26.5. The summed E-state index contributed by atoms with van der Waals surface area (Å²) in [5.74, 6) is 2.03. The van der Waals surface area contributed by atoms with Gasteiger partial charge in [0, 0.05) is 29.9 Å². The smallest absolute Gasteiger partial charge is 0.257 e. The van der Waals surface area contributed by atoms with Gasteiger partial charge in [-0.3, -0.25) is 0 Å². The molecule has 4 aliphatic rings. The van der Waals surface area contributed by atoms with Gasteiger partial charge in [-0.25, -0.2) is 14.4 Å². The van der Waals surface area contributed by atoms with E-state index in [1.54, 1.807) is 24.5 Å². The molecule has 0 amide bonds. The molecule has 1 saturated carbocycles. The number of ether oxygens (including phenoxy) is 2. The minimum atomic E-state index is -0.940. The maximum Gasteiger partial charge on any atom is 0.257 e. The second-order valence-electron chi connectivity index (χ2n) is 10.4. The van der Waals surface area contributed by atoms with Crippen molar-refractivity contribution in [2.45, 2.75) is 68.9 Å². The number of aromatic nitrogens is 4. The van der Waals surface area contributed by atoms with E-state index in [1.807, 2.05) is 12.1 Å². The molecule has 5 heterocycles. The number of fused-ring (bicyclic) bond motifs is 3. The highest BCUT2D eigenvalue weighted by Gasteiger charge is 2.46. The molecular weight excluding hydrogens is 475 g/mol. The zero-order valence-corrected chi connectivity index (χ0v) is 20.4. The van der Waals surface area contributed by atoms with Crippen LogP contribution < -0.4 is 19.7 Å². The number of phenolic OH excluding ortho intramolecular Hbond substituents is 1. The molecule has 192 valence electrons. The molecule has 0 unspecified atom stereocenters. The van der Waals surface area contributed by atoms with Gasteiger partial charge in [-0.2, -0.15) is 0 Å². The predicted octanol–water partition coefficient (Wildman–Crippen LogP) is 3.67. The number of hydrogen-bond donors (Lipinski definition) is 2. The molecule has 7 rings (SSSR count). The van der Waals surface area contributed by atoms with Crippen molar-refractivity contribution in [2.75, 3.05) is 18.1 Å². The number of piperidine rings is 2. The Balaban J connectivity index is 1.13. The lowest BCUT2D eigenvalue weighted by atomic mass is 9.82. The Bertz CT molecular complexity index is 1300. The molecule has 2 N–H and O–H groups in total. The predicted molar refractivity (Wildman–Crippen MR) is 135 cm³/mol. The number of pyridine rings is 1. The lowest BCUT2D eigenvalue weighted by Crippen LogP contribution is -2.62. The number of hydrogen-bond acceptors (Lipinski definition) is 9. The summed E-state index contributed by atoms with van der Waals surface area (Å²) in [6, 6.07) is 7.49. The average molecular weight is 505 g/mol. The second-order valence-corrected chi connectivity index (χ2v) is 10.4. The Kier molecular flexibility index (Phi) is 5.57. The number of benzene rings is 1. The lowest BCUT2D eigenvalue weighted by Gasteiger charge is -2.47. The third kappa shape index (κ3) is 4.22. The van der Waals surface area contributed by atoms with Crippen LogP contribution in [0.25, 0.3) is 22.5 Å². The Morgan fingerprint density at radius 1 is 0.973 bits per heavy atom. The summed E-state index contributed by atoms with van der Waals surface area (Å²) in [4.78, 5) is 11.0. The summed E-state index contributed by atoms with van der Waals surface area (Å²) >= 11 is 0. The van der Waals surface area contributed by atoms with Crippen LogP contribution >= 0.6 is 0 Å². The molecule has 3 aromatic rings. The average Bonchev–Trinajstić information content (AvgIpc) is 3.77. The number of nitrogens with zero attached hydrogens (tertiary/aromatic N) is 5. The highest BCUT2D eigenvalue weighted by Crippen LogP contribution is 2.40. The first-order valence-electron chi connectivity index (χ1n) is 13.1. The molecular formula is C27H29FN6O3. The summed E-state index contributed by atoms with van der Waals surface area (Å²) in [6.45, 7) is 0.957. The van der Waals surface area contributed by atoms with Crippen molar-refractivity contribution in [2.24, 2.45) is 0 Å². The zero-order chi connectivity index (χ0) is 24.9. The van der Waals surface area contributed by atoms with Gasteiger partial charge < -0.3 is 24.8 Å². The zero-order valence-electron chi connectivity index (χ0n) is 20.4. The summed E-state index contributed by atoms with van der Waals surface area (Å²) in [5.41, 5.74) is 2.06. The van der Waals surface area contributed by atoms with Crippen LogP contribution in [-0.4, -0.2) is 68.8 Å². The number of alkyl halides is 1. The molecule has 9 nitrogen and oxygen atoms in total. The number of halogens is 1. The Morgan fingerprint density at radius 2 is 1.86 bits per heavy atom. The molecule has 1 aromatic carbocycles. The number of nitrogens with one attached hydrogen (secondary N) is 1. The van der Waals surface area contributed by atoms with Gasteiger partial charge in [-0.1, -0.05) is 12.5 Å². The van der Waals surface area contributed by atoms with E-state index in [-0.39, 0.29) is 23.9 Å². The maximum absolute atomic E-state index is 15.5. The van der Waals surface area contributed by atoms with Crippen molar-refractivity contribution >= 4 is 5.82 Å². The van der Waals surface area contributed by atoms with E-state index in [4.69, 9.17) is 9.47 Å². The summed E-state index contributed by atoms with van der Waals surface area (Å²) in [7, 11) is 0. The van der Waals surface area contributed by atoms with E-state index in [9.17, 15) is 5.11 Å². The summed E-state index contributed by atoms with van der Waals surface area (Å²) < 4.78 is 26.6. The van der Waals surface area contributed by atoms with Crippen molar-refractivity contribution in [1.82, 2.24) is 25.5 Å². The fraction of sp³-hybridized carbons (Fsp3) is 0.481. The van der Waals surface area contributed by atoms with Gasteiger partial charge >= 0.3 is 0 Å². The van der Waals surface area contributed by atoms with Gasteiger partial charge in [0.2, 0.25) is 0 Å². The molecule has 0 spiro atoms. The number of rotatable bonds is 5. The van der Waals surface area contributed by atoms with Crippen molar-refractivity contribution in [3.8, 4) is 39.9 Å². The van der Waals surface area contributed by atoms with Crippen molar-refractivity contribution in [3.63, 3.8) is 0 Å². The monoisotopic (exact) mass is 504 g/mol. The molecule has 3 fully saturated rings. The van der Waals surface area contributed by atoms with E-state index < -0.39 is 6.17 Å². The van der Waals surface area contributed by atoms with Crippen LogP contribution in [0.2, 0.25) is 0 Å². The van der Waals surface area contributed by atoms with Crippen LogP contribution in [0.4, 0.5) is 10.2 Å². The molecule has 0 radical (unpaired) electrons. The SMILES string of the molecule is Oc1cc(-c2cnc3c(c2)OCCO3)ccc1-c1ncc(N(C2CC2)[C@H]2C[C@@H]3CCC[C@@H](N3)[C@H]2F)nn1. The van der Waals surface area contributed by atoms with Crippen LogP contribution in [0.3, 0.4) is 0 Å². The van der Waals surface area contributed by atoms with E-state index in [0.717, 1.165) is 49.7 Å². The quantitative estimate of drug-likeness (QED) is 0.538. The van der Waals surface area contributed by atoms with Crippen LogP contribution in [0, 0.1) is 0 Å². The molecule has 37 heavy (non-hydrogen) atoms. The maximum atomic E-state index is 15.5. The van der Waals surface area contributed by atoms with E-state index in [0.29, 0.717) is 48.1 Å². The topological polar surface area (TPSA) is 106 Å². The fourth-order valence-corrected chi connectivity index (χ4v) is 5.93. The lowest BCUT2D eigenvalue weighted by molar-refractivity contribution is 0.104. The van der Waals surface area contributed by atoms with E-state index >= 15 is 4.39 Å². The fourth-order valence-electron chi connectivity index (χ4n) is 5.93. The molecule has 10 heteroatoms. The molecule has 2 aromatic heterocycles. The molecule has 1 aliphatic carbocycles. The Morgan fingerprint density at radius 3 is 2.68 bits per heavy atom. The third-order valence-electron chi connectivity index (χ3n) is 7.88. The van der Waals surface area contributed by atoms with Crippen LogP contribution in [0.5, 0.6) is 17.4 Å². The van der Waals surface area contributed by atoms with Gasteiger partial charge in [0.1, 0.15) is 25.1 Å². The van der Waals surface area contributed by atoms with Gasteiger partial charge in [0.15, 0.2) is 17.4 Å². The van der Waals surface area contributed by atoms with Gasteiger partial charge in [0.25, 0.3) is 5.88 Å². The van der Waals surface area contributed by atoms with Gasteiger partial charge in [-0.05, 0) is 55.9 Å². The van der Waals surface area contributed by atoms with Crippen molar-refractivity contribution in [1.29, 1.82) is 0 Å². The third-order valence-corrected chi connectivity index (χ3v) is 7.88. The van der Waals surface area contributed by atoms with Crippen molar-refractivity contribution < 1.29 is 19.0 Å². The van der Waals surface area contributed by atoms with Crippen molar-refractivity contribution in [3.05, 3.63) is 36.7 Å². The first kappa shape index (κ1) is 22.7. The standard InChI is InChI=1S/C27H29FN6O3/c28-25-20-3-1-2-17(31-20)12-21(25)34(18-5-6-18)24-14-29-26(33-32-24)19-7-4-15(10-22(19)35)16-11-23-27(30-13-16)37-9-8-36-23/h4,7,10-11,13-14,17-18,20-21,25,31,35H,1-3,5-6,8-9,12H2/t17-,20+,21-,25+/m0/s1. The van der Waals surface area contributed by atoms with Crippen LogP contribution in [0.1, 0.15) is 38.5 Å². The van der Waals surface area contributed by atoms with E-state index in [1.165, 1.54) is 0 Å². The molecule has 2 saturated heterocycles.